The molecule has 3 heteroatoms. The number of nitrogens with two attached hydrogens (primary N) is 1. The summed E-state index contributed by atoms with van der Waals surface area (Å²) in [5.41, 5.74) is 6.05. The maximum Gasteiger partial charge on any atom is 0.0613 e. The topological polar surface area (TPSA) is 49.5 Å². The minimum absolute atomic E-state index is 0.146. The second-order valence-electron chi connectivity index (χ2n) is 7.13. The van der Waals surface area contributed by atoms with Gasteiger partial charge in [-0.1, -0.05) is 34.1 Å². The lowest BCUT2D eigenvalue weighted by Crippen LogP contribution is -2.48. The molecular formula is C17H36N2O. The van der Waals surface area contributed by atoms with Crippen LogP contribution in [0.3, 0.4) is 0 Å². The minimum Gasteiger partial charge on any atom is -0.394 e. The summed E-state index contributed by atoms with van der Waals surface area (Å²) in [7, 11) is 0. The SMILES string of the molecule is CCC(CC)N(CCC1CCCC1(N)CO)CC(C)C. The molecule has 0 amide bonds. The molecule has 1 saturated carbocycles. The Hall–Kier alpha value is -0.120. The molecule has 20 heavy (non-hydrogen) atoms. The van der Waals surface area contributed by atoms with Gasteiger partial charge in [0.05, 0.1) is 6.61 Å². The molecule has 0 saturated heterocycles. The van der Waals surface area contributed by atoms with Crippen LogP contribution in [-0.2, 0) is 0 Å². The molecule has 0 aromatic rings. The highest BCUT2D eigenvalue weighted by Gasteiger charge is 2.38. The Labute approximate surface area is 125 Å². The maximum atomic E-state index is 9.57. The average molecular weight is 284 g/mol. The molecule has 0 aliphatic heterocycles. The molecular weight excluding hydrogens is 248 g/mol. The molecule has 1 aliphatic rings. The third-order valence-corrected chi connectivity index (χ3v) is 5.13. The van der Waals surface area contributed by atoms with E-state index in [4.69, 9.17) is 5.73 Å². The second-order valence-corrected chi connectivity index (χ2v) is 7.13. The van der Waals surface area contributed by atoms with Crippen molar-refractivity contribution in [2.75, 3.05) is 19.7 Å². The van der Waals surface area contributed by atoms with E-state index >= 15 is 0 Å². The summed E-state index contributed by atoms with van der Waals surface area (Å²) in [5.74, 6) is 1.20. The highest BCUT2D eigenvalue weighted by atomic mass is 16.3. The molecule has 0 heterocycles. The van der Waals surface area contributed by atoms with Crippen LogP contribution in [0.2, 0.25) is 0 Å². The Balaban J connectivity index is 2.57. The number of aliphatic hydroxyl groups is 1. The van der Waals surface area contributed by atoms with Crippen molar-refractivity contribution >= 4 is 0 Å². The molecule has 3 nitrogen and oxygen atoms in total. The largest absolute Gasteiger partial charge is 0.394 e. The fraction of sp³-hybridized carbons (Fsp3) is 1.00. The zero-order valence-electron chi connectivity index (χ0n) is 14.1. The van der Waals surface area contributed by atoms with E-state index in [2.05, 4.69) is 32.6 Å². The first kappa shape index (κ1) is 17.9. The molecule has 120 valence electrons. The molecule has 0 aromatic heterocycles. The van der Waals surface area contributed by atoms with Crippen LogP contribution in [0, 0.1) is 11.8 Å². The van der Waals surface area contributed by atoms with E-state index in [-0.39, 0.29) is 12.1 Å². The third-order valence-electron chi connectivity index (χ3n) is 5.13. The van der Waals surface area contributed by atoms with Gasteiger partial charge in [-0.15, -0.1) is 0 Å². The van der Waals surface area contributed by atoms with Crippen molar-refractivity contribution in [3.63, 3.8) is 0 Å². The van der Waals surface area contributed by atoms with Gasteiger partial charge in [0.2, 0.25) is 0 Å². The lowest BCUT2D eigenvalue weighted by Gasteiger charge is -2.35. The van der Waals surface area contributed by atoms with Crippen molar-refractivity contribution in [3.05, 3.63) is 0 Å². The lowest BCUT2D eigenvalue weighted by atomic mass is 9.86. The van der Waals surface area contributed by atoms with Crippen molar-refractivity contribution < 1.29 is 5.11 Å². The molecule has 2 unspecified atom stereocenters. The number of hydrogen-bond donors (Lipinski definition) is 2. The first-order valence-corrected chi connectivity index (χ1v) is 8.60. The van der Waals surface area contributed by atoms with Gasteiger partial charge in [0.15, 0.2) is 0 Å². The van der Waals surface area contributed by atoms with Crippen LogP contribution in [-0.4, -0.2) is 41.3 Å². The summed E-state index contributed by atoms with van der Waals surface area (Å²) in [4.78, 5) is 2.65. The zero-order chi connectivity index (χ0) is 15.2. The van der Waals surface area contributed by atoms with Gasteiger partial charge in [0.1, 0.15) is 0 Å². The molecule has 0 bridgehead atoms. The standard InChI is InChI=1S/C17H36N2O/c1-5-16(6-2)19(12-14(3)4)11-9-15-8-7-10-17(15,18)13-20/h14-16,20H,5-13,18H2,1-4H3. The van der Waals surface area contributed by atoms with Gasteiger partial charge in [-0.3, -0.25) is 0 Å². The van der Waals surface area contributed by atoms with E-state index in [1.807, 2.05) is 0 Å². The quantitative estimate of drug-likeness (QED) is 0.684. The Morgan fingerprint density at radius 3 is 2.45 bits per heavy atom. The number of aliphatic hydroxyl groups excluding tert-OH is 1. The van der Waals surface area contributed by atoms with Gasteiger partial charge in [-0.05, 0) is 50.5 Å². The van der Waals surface area contributed by atoms with Gasteiger partial charge < -0.3 is 15.7 Å². The third kappa shape index (κ3) is 4.71. The van der Waals surface area contributed by atoms with Crippen LogP contribution in [0.5, 0.6) is 0 Å². The molecule has 3 N–H and O–H groups in total. The number of rotatable bonds is 9. The van der Waals surface area contributed by atoms with E-state index in [9.17, 15) is 5.11 Å². The van der Waals surface area contributed by atoms with Gasteiger partial charge >= 0.3 is 0 Å². The molecule has 1 rings (SSSR count). The molecule has 0 spiro atoms. The monoisotopic (exact) mass is 284 g/mol. The zero-order valence-corrected chi connectivity index (χ0v) is 14.1. The van der Waals surface area contributed by atoms with E-state index < -0.39 is 0 Å². The van der Waals surface area contributed by atoms with Crippen LogP contribution < -0.4 is 5.73 Å². The summed E-state index contributed by atoms with van der Waals surface area (Å²) >= 11 is 0. The van der Waals surface area contributed by atoms with Crippen molar-refractivity contribution in [1.29, 1.82) is 0 Å². The Morgan fingerprint density at radius 2 is 1.95 bits per heavy atom. The summed E-state index contributed by atoms with van der Waals surface area (Å²) < 4.78 is 0. The van der Waals surface area contributed by atoms with Crippen LogP contribution >= 0.6 is 0 Å². The normalized spacial score (nSPS) is 27.1. The minimum atomic E-state index is -0.308. The molecule has 0 radical (unpaired) electrons. The Bertz CT molecular complexity index is 266. The van der Waals surface area contributed by atoms with E-state index in [1.165, 1.54) is 32.2 Å². The Morgan fingerprint density at radius 1 is 1.30 bits per heavy atom. The van der Waals surface area contributed by atoms with E-state index in [0.717, 1.165) is 19.4 Å². The number of hydrogen-bond acceptors (Lipinski definition) is 3. The summed E-state index contributed by atoms with van der Waals surface area (Å²) in [6.45, 7) is 11.6. The van der Waals surface area contributed by atoms with Crippen LogP contribution in [0.15, 0.2) is 0 Å². The highest BCUT2D eigenvalue weighted by Crippen LogP contribution is 2.36. The second kappa shape index (κ2) is 8.35. The lowest BCUT2D eigenvalue weighted by molar-refractivity contribution is 0.121. The Kier molecular flexibility index (Phi) is 7.49. The van der Waals surface area contributed by atoms with Crippen LogP contribution in [0.4, 0.5) is 0 Å². The van der Waals surface area contributed by atoms with Crippen molar-refractivity contribution in [3.8, 4) is 0 Å². The average Bonchev–Trinajstić information content (AvgIpc) is 2.78. The highest BCUT2D eigenvalue weighted by molar-refractivity contribution is 4.96. The first-order chi connectivity index (χ1) is 9.46. The molecule has 1 fully saturated rings. The predicted molar refractivity (Wildman–Crippen MR) is 86.7 cm³/mol. The van der Waals surface area contributed by atoms with Gasteiger partial charge in [-0.25, -0.2) is 0 Å². The van der Waals surface area contributed by atoms with E-state index in [0.29, 0.717) is 17.9 Å². The van der Waals surface area contributed by atoms with Gasteiger partial charge in [0, 0.05) is 18.1 Å². The summed E-state index contributed by atoms with van der Waals surface area (Å²) in [5, 5.41) is 9.57. The molecule has 2 atom stereocenters. The van der Waals surface area contributed by atoms with Gasteiger partial charge in [-0.2, -0.15) is 0 Å². The molecule has 0 aromatic carbocycles. The fourth-order valence-electron chi connectivity index (χ4n) is 3.83. The van der Waals surface area contributed by atoms with Crippen LogP contribution in [0.1, 0.15) is 66.2 Å². The first-order valence-electron chi connectivity index (χ1n) is 8.60. The predicted octanol–water partition coefficient (Wildman–Crippen LogP) is 3.01. The molecule has 1 aliphatic carbocycles. The smallest absolute Gasteiger partial charge is 0.0613 e. The summed E-state index contributed by atoms with van der Waals surface area (Å²) in [6, 6.07) is 0.695. The van der Waals surface area contributed by atoms with Crippen molar-refractivity contribution in [2.45, 2.75) is 77.8 Å². The van der Waals surface area contributed by atoms with Gasteiger partial charge in [0.25, 0.3) is 0 Å². The number of nitrogens with zero attached hydrogens (tertiary/aromatic N) is 1. The van der Waals surface area contributed by atoms with Crippen molar-refractivity contribution in [1.82, 2.24) is 4.90 Å². The summed E-state index contributed by atoms with van der Waals surface area (Å²) in [6.07, 6.45) is 6.94. The van der Waals surface area contributed by atoms with E-state index in [1.54, 1.807) is 0 Å². The van der Waals surface area contributed by atoms with Crippen molar-refractivity contribution in [2.24, 2.45) is 17.6 Å². The van der Waals surface area contributed by atoms with Crippen LogP contribution in [0.25, 0.3) is 0 Å². The fourth-order valence-corrected chi connectivity index (χ4v) is 3.83. The maximum absolute atomic E-state index is 9.57.